The summed E-state index contributed by atoms with van der Waals surface area (Å²) in [4.78, 5) is 28.6. The topological polar surface area (TPSA) is 64.7 Å². The Morgan fingerprint density at radius 2 is 2.05 bits per heavy atom. The van der Waals surface area contributed by atoms with Crippen LogP contribution in [0.3, 0.4) is 0 Å². The molecule has 20 heavy (non-hydrogen) atoms. The van der Waals surface area contributed by atoms with E-state index in [0.29, 0.717) is 6.54 Å². The zero-order valence-electron chi connectivity index (χ0n) is 12.1. The first-order valence-corrected chi connectivity index (χ1v) is 7.71. The summed E-state index contributed by atoms with van der Waals surface area (Å²) in [6, 6.07) is 0.0896. The molecule has 3 aliphatic heterocycles. The molecule has 6 heteroatoms. The molecule has 0 aromatic heterocycles. The van der Waals surface area contributed by atoms with Crippen molar-refractivity contribution in [3.63, 3.8) is 0 Å². The van der Waals surface area contributed by atoms with Gasteiger partial charge in [-0.05, 0) is 26.3 Å². The molecule has 3 fully saturated rings. The van der Waals surface area contributed by atoms with Crippen molar-refractivity contribution in [2.45, 2.75) is 31.8 Å². The first-order chi connectivity index (χ1) is 9.68. The molecule has 0 aliphatic carbocycles. The summed E-state index contributed by atoms with van der Waals surface area (Å²) >= 11 is 0. The van der Waals surface area contributed by atoms with Crippen LogP contribution in [-0.4, -0.2) is 73.0 Å². The molecule has 0 spiro atoms. The van der Waals surface area contributed by atoms with Gasteiger partial charge in [-0.15, -0.1) is 0 Å². The van der Waals surface area contributed by atoms with Gasteiger partial charge in [-0.25, -0.2) is 0 Å². The van der Waals surface area contributed by atoms with Crippen molar-refractivity contribution >= 4 is 11.8 Å². The largest absolute Gasteiger partial charge is 0.354 e. The minimum absolute atomic E-state index is 0.0852. The van der Waals surface area contributed by atoms with Crippen molar-refractivity contribution in [3.05, 3.63) is 0 Å². The lowest BCUT2D eigenvalue weighted by Gasteiger charge is -2.41. The maximum absolute atomic E-state index is 12.6. The van der Waals surface area contributed by atoms with Gasteiger partial charge < -0.3 is 15.5 Å². The molecular weight excluding hydrogens is 256 g/mol. The molecular formula is C14H24N4O2. The number of carbonyl (C=O) groups excluding carboxylic acids is 2. The summed E-state index contributed by atoms with van der Waals surface area (Å²) in [5.41, 5.74) is 0. The smallest absolute Gasteiger partial charge is 0.239 e. The van der Waals surface area contributed by atoms with Crippen LogP contribution in [0.25, 0.3) is 0 Å². The van der Waals surface area contributed by atoms with Crippen LogP contribution in [0.2, 0.25) is 0 Å². The predicted octanol–water partition coefficient (Wildman–Crippen LogP) is -0.983. The second-order valence-electron chi connectivity index (χ2n) is 6.05. The average molecular weight is 280 g/mol. The van der Waals surface area contributed by atoms with E-state index in [4.69, 9.17) is 0 Å². The minimum Gasteiger partial charge on any atom is -0.354 e. The number of carbonyl (C=O) groups is 2. The number of amides is 2. The van der Waals surface area contributed by atoms with E-state index in [1.54, 1.807) is 0 Å². The first-order valence-electron chi connectivity index (χ1n) is 7.71. The van der Waals surface area contributed by atoms with Gasteiger partial charge in [-0.3, -0.25) is 14.5 Å². The third-order valence-electron chi connectivity index (χ3n) is 4.93. The number of hydrogen-bond acceptors (Lipinski definition) is 4. The SMILES string of the molecule is CC(C(=O)N1CCNCC1)N1CCCC2C(=O)NCC21. The van der Waals surface area contributed by atoms with E-state index in [1.807, 2.05) is 11.8 Å². The third-order valence-corrected chi connectivity index (χ3v) is 4.93. The molecule has 0 bridgehead atoms. The summed E-state index contributed by atoms with van der Waals surface area (Å²) in [6.07, 6.45) is 1.97. The fourth-order valence-electron chi connectivity index (χ4n) is 3.76. The summed E-state index contributed by atoms with van der Waals surface area (Å²) in [7, 11) is 0. The molecule has 2 N–H and O–H groups in total. The average Bonchev–Trinajstić information content (AvgIpc) is 2.88. The standard InChI is InChI=1S/C14H24N4O2/c1-10(14(20)17-7-4-15-5-8-17)18-6-2-3-11-12(18)9-16-13(11)19/h10-12,15H,2-9H2,1H3,(H,16,19). The highest BCUT2D eigenvalue weighted by Gasteiger charge is 2.44. The van der Waals surface area contributed by atoms with Gasteiger partial charge >= 0.3 is 0 Å². The lowest BCUT2D eigenvalue weighted by atomic mass is 9.90. The van der Waals surface area contributed by atoms with E-state index in [9.17, 15) is 9.59 Å². The quantitative estimate of drug-likeness (QED) is 0.682. The molecule has 6 nitrogen and oxygen atoms in total. The molecule has 3 saturated heterocycles. The van der Waals surface area contributed by atoms with Gasteiger partial charge in [0, 0.05) is 38.8 Å². The predicted molar refractivity (Wildman–Crippen MR) is 75.1 cm³/mol. The molecule has 3 unspecified atom stereocenters. The molecule has 2 amide bonds. The van der Waals surface area contributed by atoms with Crippen molar-refractivity contribution in [2.24, 2.45) is 5.92 Å². The van der Waals surface area contributed by atoms with Crippen molar-refractivity contribution in [1.82, 2.24) is 20.4 Å². The van der Waals surface area contributed by atoms with Gasteiger partial charge in [0.2, 0.25) is 11.8 Å². The van der Waals surface area contributed by atoms with Crippen molar-refractivity contribution in [3.8, 4) is 0 Å². The van der Waals surface area contributed by atoms with Crippen LogP contribution in [0, 0.1) is 5.92 Å². The van der Waals surface area contributed by atoms with Crippen LogP contribution in [0.1, 0.15) is 19.8 Å². The highest BCUT2D eigenvalue weighted by molar-refractivity contribution is 5.84. The lowest BCUT2D eigenvalue weighted by Crippen LogP contribution is -2.57. The molecule has 112 valence electrons. The van der Waals surface area contributed by atoms with Gasteiger partial charge in [-0.2, -0.15) is 0 Å². The van der Waals surface area contributed by atoms with Crippen LogP contribution in [0.4, 0.5) is 0 Å². The zero-order valence-corrected chi connectivity index (χ0v) is 12.1. The van der Waals surface area contributed by atoms with E-state index in [-0.39, 0.29) is 29.8 Å². The third kappa shape index (κ3) is 2.42. The summed E-state index contributed by atoms with van der Waals surface area (Å²) in [5, 5.41) is 6.22. The summed E-state index contributed by atoms with van der Waals surface area (Å²) in [5.74, 6) is 0.468. The first kappa shape index (κ1) is 13.8. The van der Waals surface area contributed by atoms with E-state index in [0.717, 1.165) is 45.6 Å². The summed E-state index contributed by atoms with van der Waals surface area (Å²) in [6.45, 7) is 6.97. The molecule has 3 aliphatic rings. The molecule has 0 saturated carbocycles. The fraction of sp³-hybridized carbons (Fsp3) is 0.857. The maximum Gasteiger partial charge on any atom is 0.239 e. The Bertz CT molecular complexity index is 395. The Labute approximate surface area is 119 Å². The Kier molecular flexibility index (Phi) is 3.94. The van der Waals surface area contributed by atoms with Gasteiger partial charge in [0.1, 0.15) is 0 Å². The van der Waals surface area contributed by atoms with Crippen LogP contribution >= 0.6 is 0 Å². The highest BCUT2D eigenvalue weighted by atomic mass is 16.2. The number of rotatable bonds is 2. The van der Waals surface area contributed by atoms with E-state index in [2.05, 4.69) is 15.5 Å². The maximum atomic E-state index is 12.6. The number of piperidine rings is 1. The van der Waals surface area contributed by atoms with E-state index in [1.165, 1.54) is 0 Å². The monoisotopic (exact) mass is 280 g/mol. The Balaban J connectivity index is 1.67. The van der Waals surface area contributed by atoms with Crippen LogP contribution < -0.4 is 10.6 Å². The number of nitrogens with one attached hydrogen (secondary N) is 2. The summed E-state index contributed by atoms with van der Waals surface area (Å²) < 4.78 is 0. The van der Waals surface area contributed by atoms with Crippen molar-refractivity contribution < 1.29 is 9.59 Å². The van der Waals surface area contributed by atoms with Gasteiger partial charge in [0.05, 0.1) is 12.0 Å². The number of fused-ring (bicyclic) bond motifs is 1. The molecule has 3 heterocycles. The lowest BCUT2D eigenvalue weighted by molar-refractivity contribution is -0.139. The number of piperazine rings is 1. The van der Waals surface area contributed by atoms with Crippen LogP contribution in [-0.2, 0) is 9.59 Å². The molecule has 3 atom stereocenters. The normalized spacial score (nSPS) is 32.6. The molecule has 0 aromatic rings. The second-order valence-corrected chi connectivity index (χ2v) is 6.05. The van der Waals surface area contributed by atoms with Gasteiger partial charge in [-0.1, -0.05) is 0 Å². The van der Waals surface area contributed by atoms with E-state index < -0.39 is 0 Å². The number of hydrogen-bond donors (Lipinski definition) is 2. The Morgan fingerprint density at radius 3 is 2.80 bits per heavy atom. The number of nitrogens with zero attached hydrogens (tertiary/aromatic N) is 2. The van der Waals surface area contributed by atoms with Gasteiger partial charge in [0.15, 0.2) is 0 Å². The zero-order chi connectivity index (χ0) is 14.1. The molecule has 0 radical (unpaired) electrons. The fourth-order valence-corrected chi connectivity index (χ4v) is 3.76. The van der Waals surface area contributed by atoms with Crippen molar-refractivity contribution in [2.75, 3.05) is 39.3 Å². The van der Waals surface area contributed by atoms with Crippen LogP contribution in [0.15, 0.2) is 0 Å². The number of likely N-dealkylation sites (tertiary alicyclic amines) is 1. The second kappa shape index (κ2) is 5.69. The van der Waals surface area contributed by atoms with E-state index >= 15 is 0 Å². The van der Waals surface area contributed by atoms with Crippen molar-refractivity contribution in [1.29, 1.82) is 0 Å². The van der Waals surface area contributed by atoms with Crippen LogP contribution in [0.5, 0.6) is 0 Å². The highest BCUT2D eigenvalue weighted by Crippen LogP contribution is 2.29. The Hall–Kier alpha value is -1.14. The Morgan fingerprint density at radius 1 is 1.30 bits per heavy atom. The molecule has 0 aromatic carbocycles. The minimum atomic E-state index is -0.117. The molecule has 3 rings (SSSR count). The van der Waals surface area contributed by atoms with Gasteiger partial charge in [0.25, 0.3) is 0 Å².